The van der Waals surface area contributed by atoms with E-state index in [1.807, 2.05) is 6.92 Å². The molecule has 4 N–H and O–H groups in total. The minimum Gasteiger partial charge on any atom is -0.450 e. The number of nitrogens with two attached hydrogens (primary N) is 2. The van der Waals surface area contributed by atoms with Gasteiger partial charge in [0.1, 0.15) is 0 Å². The second-order valence-electron chi connectivity index (χ2n) is 12.0. The number of ether oxygens (including phenoxy) is 2. The van der Waals surface area contributed by atoms with Crippen molar-refractivity contribution in [2.45, 2.75) is 90.6 Å². The van der Waals surface area contributed by atoms with Gasteiger partial charge in [-0.05, 0) is 31.4 Å². The van der Waals surface area contributed by atoms with Crippen molar-refractivity contribution in [3.05, 3.63) is 0 Å². The molecule has 0 unspecified atom stereocenters. The zero-order valence-corrected chi connectivity index (χ0v) is 25.4. The van der Waals surface area contributed by atoms with E-state index in [1.54, 1.807) is 19.0 Å². The maximum absolute atomic E-state index is 11.7. The highest BCUT2D eigenvalue weighted by atomic mass is 28.3. The Bertz CT molecular complexity index is 550. The van der Waals surface area contributed by atoms with E-state index in [2.05, 4.69) is 53.1 Å². The van der Waals surface area contributed by atoms with Crippen molar-refractivity contribution in [1.82, 2.24) is 9.80 Å². The number of likely N-dealkylation sites (N-methyl/N-ethyl adjacent to an activating group) is 2. The molecule has 0 rings (SSSR count). The normalized spacial score (nSPS) is 13.5. The van der Waals surface area contributed by atoms with Crippen molar-refractivity contribution in [2.75, 3.05) is 40.4 Å². The summed E-state index contributed by atoms with van der Waals surface area (Å²) in [5.41, 5.74) is 11.6. The van der Waals surface area contributed by atoms with Crippen molar-refractivity contribution < 1.29 is 19.1 Å². The maximum atomic E-state index is 11.7. The molecule has 33 heavy (non-hydrogen) atoms. The number of rotatable bonds is 12. The number of carbonyl (C=O) groups excluding carboxylic acids is 2. The molecule has 0 aromatic heterocycles. The van der Waals surface area contributed by atoms with Crippen LogP contribution in [-0.2, 0) is 9.47 Å². The third kappa shape index (κ3) is 23.8. The minimum absolute atomic E-state index is 0.0143. The SMILES string of the molecule is CC(C)C[C@H](N)CN(C)C(=O)OCC[Si](C)(C)C.C[C@H](N)CN(C)C(=O)OCC[Si](C)(C)C. The highest BCUT2D eigenvalue weighted by Crippen LogP contribution is 2.09. The molecule has 0 saturated carbocycles. The molecular formula is C23H54N4O4Si2. The molecule has 198 valence electrons. The molecule has 2 atom stereocenters. The van der Waals surface area contributed by atoms with Crippen LogP contribution in [0.25, 0.3) is 0 Å². The first-order valence-corrected chi connectivity index (χ1v) is 19.5. The van der Waals surface area contributed by atoms with E-state index in [0.717, 1.165) is 18.5 Å². The van der Waals surface area contributed by atoms with Gasteiger partial charge in [0.15, 0.2) is 0 Å². The standard InChI is InChI=1S/C13H30N2O2Si.C10H24N2O2Si/c1-11(2)9-12(14)10-15(3)13(16)17-7-8-18(4,5)6;1-9(11)8-12(2)10(13)14-6-7-15(3,4)5/h11-12H,7-10,14H2,1-6H3;9H,6-8,11H2,1-5H3/t12-;9-/m00/s1. The molecule has 0 aromatic rings. The summed E-state index contributed by atoms with van der Waals surface area (Å²) in [6.07, 6.45) is 0.394. The van der Waals surface area contributed by atoms with Crippen LogP contribution in [0.4, 0.5) is 9.59 Å². The van der Waals surface area contributed by atoms with Gasteiger partial charge in [0, 0.05) is 55.4 Å². The Morgan fingerprint density at radius 2 is 1.12 bits per heavy atom. The summed E-state index contributed by atoms with van der Waals surface area (Å²) < 4.78 is 10.4. The molecule has 0 aliphatic heterocycles. The summed E-state index contributed by atoms with van der Waals surface area (Å²) in [6, 6.07) is 2.02. The molecule has 0 heterocycles. The topological polar surface area (TPSA) is 111 Å². The molecule has 0 saturated heterocycles. The molecule has 0 radical (unpaired) electrons. The van der Waals surface area contributed by atoms with Crippen LogP contribution < -0.4 is 11.5 Å². The lowest BCUT2D eigenvalue weighted by atomic mass is 10.0. The van der Waals surface area contributed by atoms with Crippen molar-refractivity contribution in [1.29, 1.82) is 0 Å². The molecule has 2 amide bonds. The summed E-state index contributed by atoms with van der Waals surface area (Å²) >= 11 is 0. The van der Waals surface area contributed by atoms with Gasteiger partial charge >= 0.3 is 12.2 Å². The average molecular weight is 507 g/mol. The first-order valence-electron chi connectivity index (χ1n) is 12.1. The van der Waals surface area contributed by atoms with E-state index in [1.165, 1.54) is 4.90 Å². The van der Waals surface area contributed by atoms with Crippen LogP contribution in [0, 0.1) is 5.92 Å². The fourth-order valence-corrected chi connectivity index (χ4v) is 4.15. The lowest BCUT2D eigenvalue weighted by molar-refractivity contribution is 0.112. The van der Waals surface area contributed by atoms with Crippen molar-refractivity contribution in [3.63, 3.8) is 0 Å². The summed E-state index contributed by atoms with van der Waals surface area (Å²) in [5.74, 6) is 0.552. The van der Waals surface area contributed by atoms with Crippen LogP contribution >= 0.6 is 0 Å². The Morgan fingerprint density at radius 3 is 1.42 bits per heavy atom. The predicted octanol–water partition coefficient (Wildman–Crippen LogP) is 4.51. The highest BCUT2D eigenvalue weighted by Gasteiger charge is 2.18. The van der Waals surface area contributed by atoms with Gasteiger partial charge in [-0.25, -0.2) is 9.59 Å². The Kier molecular flexibility index (Phi) is 17.0. The van der Waals surface area contributed by atoms with Crippen LogP contribution in [0.1, 0.15) is 27.2 Å². The van der Waals surface area contributed by atoms with Gasteiger partial charge in [-0.2, -0.15) is 0 Å². The zero-order chi connectivity index (χ0) is 26.4. The number of amides is 2. The van der Waals surface area contributed by atoms with Crippen LogP contribution in [0.5, 0.6) is 0 Å². The zero-order valence-electron chi connectivity index (χ0n) is 23.4. The second-order valence-corrected chi connectivity index (χ2v) is 23.2. The summed E-state index contributed by atoms with van der Waals surface area (Å²) in [4.78, 5) is 26.2. The number of hydrogen-bond donors (Lipinski definition) is 2. The Hall–Kier alpha value is -1.11. The first-order chi connectivity index (χ1) is 14.8. The molecule has 10 heteroatoms. The van der Waals surface area contributed by atoms with E-state index in [4.69, 9.17) is 20.9 Å². The van der Waals surface area contributed by atoms with Gasteiger partial charge in [0.25, 0.3) is 0 Å². The third-order valence-corrected chi connectivity index (χ3v) is 8.03. The molecule has 0 aliphatic carbocycles. The number of nitrogens with zero attached hydrogens (tertiary/aromatic N) is 2. The van der Waals surface area contributed by atoms with E-state index in [9.17, 15) is 9.59 Å². The van der Waals surface area contributed by atoms with E-state index in [-0.39, 0.29) is 24.3 Å². The lowest BCUT2D eigenvalue weighted by Gasteiger charge is -2.23. The third-order valence-electron chi connectivity index (χ3n) is 4.62. The van der Waals surface area contributed by atoms with Crippen LogP contribution in [0.3, 0.4) is 0 Å². The predicted molar refractivity (Wildman–Crippen MR) is 145 cm³/mol. The quantitative estimate of drug-likeness (QED) is 0.377. The molecular weight excluding hydrogens is 452 g/mol. The largest absolute Gasteiger partial charge is 0.450 e. The van der Waals surface area contributed by atoms with E-state index >= 15 is 0 Å². The molecule has 0 bridgehead atoms. The molecule has 0 aromatic carbocycles. The van der Waals surface area contributed by atoms with Crippen LogP contribution in [-0.4, -0.2) is 90.6 Å². The van der Waals surface area contributed by atoms with Crippen molar-refractivity contribution >= 4 is 28.3 Å². The van der Waals surface area contributed by atoms with Gasteiger partial charge in [-0.15, -0.1) is 0 Å². The molecule has 8 nitrogen and oxygen atoms in total. The molecule has 0 aliphatic rings. The smallest absolute Gasteiger partial charge is 0.409 e. The fourth-order valence-electron chi connectivity index (χ4n) is 2.72. The fraction of sp³-hybridized carbons (Fsp3) is 0.913. The van der Waals surface area contributed by atoms with Crippen molar-refractivity contribution in [3.8, 4) is 0 Å². The Balaban J connectivity index is 0. The van der Waals surface area contributed by atoms with Crippen LogP contribution in [0.2, 0.25) is 51.4 Å². The Morgan fingerprint density at radius 1 is 0.758 bits per heavy atom. The van der Waals surface area contributed by atoms with E-state index < -0.39 is 16.1 Å². The van der Waals surface area contributed by atoms with Crippen molar-refractivity contribution in [2.24, 2.45) is 17.4 Å². The Labute approximate surface area is 205 Å². The lowest BCUT2D eigenvalue weighted by Crippen LogP contribution is -2.40. The van der Waals surface area contributed by atoms with Gasteiger partial charge < -0.3 is 30.7 Å². The number of hydrogen-bond acceptors (Lipinski definition) is 6. The first kappa shape index (κ1) is 34.1. The maximum Gasteiger partial charge on any atom is 0.409 e. The van der Waals surface area contributed by atoms with Crippen LogP contribution in [0.15, 0.2) is 0 Å². The van der Waals surface area contributed by atoms with Gasteiger partial charge in [0.05, 0.1) is 13.2 Å². The summed E-state index contributed by atoms with van der Waals surface area (Å²) in [6.45, 7) is 21.8. The van der Waals surface area contributed by atoms with Gasteiger partial charge in [-0.3, -0.25) is 0 Å². The van der Waals surface area contributed by atoms with E-state index in [0.29, 0.717) is 32.2 Å². The molecule has 0 fully saturated rings. The highest BCUT2D eigenvalue weighted by molar-refractivity contribution is 6.76. The summed E-state index contributed by atoms with van der Waals surface area (Å²) in [7, 11) is 1.21. The summed E-state index contributed by atoms with van der Waals surface area (Å²) in [5, 5.41) is 0. The van der Waals surface area contributed by atoms with Gasteiger partial charge in [-0.1, -0.05) is 53.1 Å². The second kappa shape index (κ2) is 16.5. The van der Waals surface area contributed by atoms with Gasteiger partial charge in [0.2, 0.25) is 0 Å². The number of carbonyl (C=O) groups is 2. The molecule has 0 spiro atoms. The monoisotopic (exact) mass is 506 g/mol. The average Bonchev–Trinajstić information content (AvgIpc) is 2.58. The minimum atomic E-state index is -1.13.